The Morgan fingerprint density at radius 3 is 2.32 bits per heavy atom. The number of anilines is 2. The molecular formula is C23H20ClF3N2O4S. The number of nitrogens with zero attached hydrogens (tertiary/aromatic N) is 1. The summed E-state index contributed by atoms with van der Waals surface area (Å²) < 4.78 is 72.1. The molecule has 0 aromatic heterocycles. The number of amides is 1. The molecule has 0 fully saturated rings. The molecule has 180 valence electrons. The molecule has 0 saturated carbocycles. The van der Waals surface area contributed by atoms with Crippen molar-refractivity contribution in [2.24, 2.45) is 0 Å². The molecule has 0 bridgehead atoms. The minimum Gasteiger partial charge on any atom is -0.496 e. The zero-order valence-electron chi connectivity index (χ0n) is 18.1. The highest BCUT2D eigenvalue weighted by atomic mass is 35.5. The number of sulfonamides is 1. The van der Waals surface area contributed by atoms with Crippen molar-refractivity contribution < 1.29 is 31.1 Å². The summed E-state index contributed by atoms with van der Waals surface area (Å²) in [6.07, 6.45) is -4.64. The molecule has 0 atom stereocenters. The molecular weight excluding hydrogens is 493 g/mol. The monoisotopic (exact) mass is 512 g/mol. The maximum absolute atomic E-state index is 13.5. The molecule has 0 saturated heterocycles. The number of ether oxygens (including phenoxy) is 1. The molecule has 0 aliphatic rings. The summed E-state index contributed by atoms with van der Waals surface area (Å²) in [7, 11) is -2.77. The molecule has 11 heteroatoms. The van der Waals surface area contributed by atoms with Gasteiger partial charge in [0.25, 0.3) is 10.0 Å². The van der Waals surface area contributed by atoms with Crippen LogP contribution in [0, 0.1) is 6.92 Å². The van der Waals surface area contributed by atoms with Gasteiger partial charge in [-0.2, -0.15) is 13.2 Å². The number of halogens is 4. The molecule has 6 nitrogen and oxygen atoms in total. The van der Waals surface area contributed by atoms with Crippen molar-refractivity contribution in [3.63, 3.8) is 0 Å². The Morgan fingerprint density at radius 2 is 1.74 bits per heavy atom. The number of methoxy groups -OCH3 is 1. The average molecular weight is 513 g/mol. The fraction of sp³-hybridized carbons (Fsp3) is 0.174. The average Bonchev–Trinajstić information content (AvgIpc) is 2.78. The van der Waals surface area contributed by atoms with E-state index in [1.54, 1.807) is 25.1 Å². The van der Waals surface area contributed by atoms with Gasteiger partial charge in [-0.25, -0.2) is 8.42 Å². The number of alkyl halides is 3. The Bertz CT molecular complexity index is 1300. The van der Waals surface area contributed by atoms with E-state index in [9.17, 15) is 26.4 Å². The van der Waals surface area contributed by atoms with Gasteiger partial charge in [-0.05, 0) is 61.0 Å². The van der Waals surface area contributed by atoms with E-state index in [0.717, 1.165) is 16.4 Å². The minimum absolute atomic E-state index is 0.0837. The first-order chi connectivity index (χ1) is 15.9. The van der Waals surface area contributed by atoms with Crippen LogP contribution in [0.1, 0.15) is 11.1 Å². The number of carbonyl (C=O) groups is 1. The molecule has 0 spiro atoms. The third-order valence-corrected chi connectivity index (χ3v) is 6.95. The Labute approximate surface area is 200 Å². The third kappa shape index (κ3) is 5.63. The Morgan fingerprint density at radius 1 is 1.06 bits per heavy atom. The molecule has 0 heterocycles. The van der Waals surface area contributed by atoms with E-state index in [4.69, 9.17) is 16.3 Å². The van der Waals surface area contributed by atoms with Crippen LogP contribution in [0.15, 0.2) is 71.6 Å². The summed E-state index contributed by atoms with van der Waals surface area (Å²) in [4.78, 5) is 12.7. The van der Waals surface area contributed by atoms with Gasteiger partial charge in [-0.3, -0.25) is 9.10 Å². The van der Waals surface area contributed by atoms with Gasteiger partial charge < -0.3 is 10.1 Å². The van der Waals surface area contributed by atoms with Gasteiger partial charge in [0.05, 0.1) is 34.0 Å². The molecule has 34 heavy (non-hydrogen) atoms. The van der Waals surface area contributed by atoms with E-state index >= 15 is 0 Å². The van der Waals surface area contributed by atoms with Crippen molar-refractivity contribution in [3.05, 3.63) is 82.9 Å². The quantitative estimate of drug-likeness (QED) is 0.453. The van der Waals surface area contributed by atoms with Gasteiger partial charge in [0.2, 0.25) is 5.91 Å². The molecule has 3 rings (SSSR count). The summed E-state index contributed by atoms with van der Waals surface area (Å²) in [5.41, 5.74) is -0.529. The van der Waals surface area contributed by atoms with Crippen molar-refractivity contribution in [2.45, 2.75) is 18.0 Å². The van der Waals surface area contributed by atoms with E-state index in [2.05, 4.69) is 5.32 Å². The highest BCUT2D eigenvalue weighted by Gasteiger charge is 2.32. The minimum atomic E-state index is -4.64. The van der Waals surface area contributed by atoms with Gasteiger partial charge in [0.1, 0.15) is 12.3 Å². The van der Waals surface area contributed by atoms with Gasteiger partial charge in [-0.1, -0.05) is 29.8 Å². The van der Waals surface area contributed by atoms with Crippen molar-refractivity contribution in [3.8, 4) is 5.75 Å². The number of rotatable bonds is 7. The van der Waals surface area contributed by atoms with Crippen molar-refractivity contribution >= 4 is 38.9 Å². The first-order valence-electron chi connectivity index (χ1n) is 9.82. The molecule has 1 N–H and O–H groups in total. The maximum atomic E-state index is 13.5. The van der Waals surface area contributed by atoms with E-state index in [-0.39, 0.29) is 21.3 Å². The molecule has 0 unspecified atom stereocenters. The van der Waals surface area contributed by atoms with E-state index in [1.165, 1.54) is 37.4 Å². The lowest BCUT2D eigenvalue weighted by Gasteiger charge is -2.24. The lowest BCUT2D eigenvalue weighted by atomic mass is 10.2. The van der Waals surface area contributed by atoms with Crippen LogP contribution in [0.25, 0.3) is 0 Å². The van der Waals surface area contributed by atoms with Crippen LogP contribution in [-0.2, 0) is 21.0 Å². The van der Waals surface area contributed by atoms with Crippen molar-refractivity contribution in [1.29, 1.82) is 0 Å². The Hall–Kier alpha value is -3.24. The topological polar surface area (TPSA) is 75.7 Å². The Balaban J connectivity index is 1.96. The van der Waals surface area contributed by atoms with Crippen LogP contribution < -0.4 is 14.4 Å². The lowest BCUT2D eigenvalue weighted by molar-refractivity contribution is -0.137. The van der Waals surface area contributed by atoms with Gasteiger partial charge in [0.15, 0.2) is 0 Å². The number of hydrogen-bond acceptors (Lipinski definition) is 4. The second-order valence-corrected chi connectivity index (χ2v) is 9.49. The number of aryl methyl sites for hydroxylation is 1. The SMILES string of the molecule is COc1ccc(S(=O)(=O)N(CC(=O)Nc2cc(C(F)(F)F)ccc2Cl)c2ccccc2)cc1C. The number of benzene rings is 3. The molecule has 0 aliphatic carbocycles. The Kier molecular flexibility index (Phi) is 7.42. The van der Waals surface area contributed by atoms with Crippen LogP contribution >= 0.6 is 11.6 Å². The summed E-state index contributed by atoms with van der Waals surface area (Å²) in [6, 6.07) is 14.6. The zero-order chi connectivity index (χ0) is 25.1. The number of nitrogens with one attached hydrogen (secondary N) is 1. The normalized spacial score (nSPS) is 11.7. The van der Waals surface area contributed by atoms with Crippen molar-refractivity contribution in [1.82, 2.24) is 0 Å². The third-order valence-electron chi connectivity index (χ3n) is 4.85. The predicted molar refractivity (Wildman–Crippen MR) is 124 cm³/mol. The van der Waals surface area contributed by atoms with Crippen LogP contribution in [0.4, 0.5) is 24.5 Å². The fourth-order valence-corrected chi connectivity index (χ4v) is 4.84. The molecule has 0 radical (unpaired) electrons. The predicted octanol–water partition coefficient (Wildman–Crippen LogP) is 5.51. The first kappa shape index (κ1) is 25.4. The highest BCUT2D eigenvalue weighted by molar-refractivity contribution is 7.92. The second kappa shape index (κ2) is 9.94. The molecule has 3 aromatic rings. The van der Waals surface area contributed by atoms with Crippen LogP contribution in [0.3, 0.4) is 0 Å². The highest BCUT2D eigenvalue weighted by Crippen LogP contribution is 2.34. The van der Waals surface area contributed by atoms with Crippen LogP contribution in [0.2, 0.25) is 5.02 Å². The van der Waals surface area contributed by atoms with Crippen molar-refractivity contribution in [2.75, 3.05) is 23.3 Å². The van der Waals surface area contributed by atoms with E-state index < -0.39 is 34.2 Å². The standard InChI is InChI=1S/C23H20ClF3N2O4S/c1-15-12-18(9-11-21(15)33-2)34(31,32)29(17-6-4-3-5-7-17)14-22(30)28-20-13-16(23(25,26)27)8-10-19(20)24/h3-13H,14H2,1-2H3,(H,28,30). The fourth-order valence-electron chi connectivity index (χ4n) is 3.17. The first-order valence-corrected chi connectivity index (χ1v) is 11.6. The maximum Gasteiger partial charge on any atom is 0.416 e. The summed E-state index contributed by atoms with van der Waals surface area (Å²) in [6.45, 7) is 0.969. The second-order valence-electron chi connectivity index (χ2n) is 7.22. The van der Waals surface area contributed by atoms with E-state index in [0.29, 0.717) is 17.4 Å². The zero-order valence-corrected chi connectivity index (χ0v) is 19.6. The van der Waals surface area contributed by atoms with Crippen LogP contribution in [-0.4, -0.2) is 28.0 Å². The molecule has 1 amide bonds. The summed E-state index contributed by atoms with van der Waals surface area (Å²) in [5.74, 6) is -0.388. The largest absolute Gasteiger partial charge is 0.496 e. The molecule has 3 aromatic carbocycles. The summed E-state index contributed by atoms with van der Waals surface area (Å²) >= 11 is 5.95. The lowest BCUT2D eigenvalue weighted by Crippen LogP contribution is -2.38. The van der Waals surface area contributed by atoms with Gasteiger partial charge in [0, 0.05) is 0 Å². The van der Waals surface area contributed by atoms with Gasteiger partial charge in [-0.15, -0.1) is 0 Å². The smallest absolute Gasteiger partial charge is 0.416 e. The molecule has 0 aliphatic heterocycles. The summed E-state index contributed by atoms with van der Waals surface area (Å²) in [5, 5.41) is 2.16. The van der Waals surface area contributed by atoms with E-state index in [1.807, 2.05) is 0 Å². The number of carbonyl (C=O) groups excluding carboxylic acids is 1. The number of hydrogen-bond donors (Lipinski definition) is 1. The van der Waals surface area contributed by atoms with Gasteiger partial charge >= 0.3 is 6.18 Å². The number of para-hydroxylation sites is 1. The van der Waals surface area contributed by atoms with Crippen LogP contribution in [0.5, 0.6) is 5.75 Å².